The summed E-state index contributed by atoms with van der Waals surface area (Å²) in [6.45, 7) is 3.91. The molecule has 0 saturated heterocycles. The van der Waals surface area contributed by atoms with Gasteiger partial charge in [-0.05, 0) is 68.9 Å². The Hall–Kier alpha value is -2.63. The average molecular weight is 609 g/mol. The third-order valence-corrected chi connectivity index (χ3v) is 11.3. The first-order valence-electron chi connectivity index (χ1n) is 13.7. The van der Waals surface area contributed by atoms with E-state index in [4.69, 9.17) is 16.6 Å². The van der Waals surface area contributed by atoms with E-state index in [1.165, 1.54) is 16.4 Å². The number of nitrogens with zero attached hydrogens (tertiary/aromatic N) is 2. The Morgan fingerprint density at radius 1 is 1.12 bits per heavy atom. The topological polar surface area (TPSA) is 90.9 Å². The van der Waals surface area contributed by atoms with Gasteiger partial charge in [0, 0.05) is 36.9 Å². The van der Waals surface area contributed by atoms with Crippen LogP contribution in [-0.2, 0) is 21.4 Å². The van der Waals surface area contributed by atoms with Crippen molar-refractivity contribution in [3.05, 3.63) is 64.9 Å². The van der Waals surface area contributed by atoms with E-state index in [9.17, 15) is 26.4 Å². The van der Waals surface area contributed by atoms with Crippen molar-refractivity contribution >= 4 is 33.4 Å². The number of carbonyl (C=O) groups is 1. The van der Waals surface area contributed by atoms with Gasteiger partial charge in [0.15, 0.2) is 6.04 Å². The molecule has 1 heterocycles. The second-order valence-corrected chi connectivity index (χ2v) is 15.0. The zero-order valence-corrected chi connectivity index (χ0v) is 24.3. The molecule has 4 saturated carbocycles. The Morgan fingerprint density at radius 2 is 1.78 bits per heavy atom. The molecule has 0 unspecified atom stereocenters. The lowest BCUT2D eigenvalue weighted by molar-refractivity contribution is -0.151. The molecule has 0 radical (unpaired) electrons. The molecule has 41 heavy (non-hydrogen) atoms. The van der Waals surface area contributed by atoms with Crippen LogP contribution in [0.1, 0.15) is 51.5 Å². The maximum atomic E-state index is 14.3. The second kappa shape index (κ2) is 9.44. The summed E-state index contributed by atoms with van der Waals surface area (Å²) < 4.78 is 69.8. The van der Waals surface area contributed by atoms with Gasteiger partial charge in [0.05, 0.1) is 15.5 Å². The fraction of sp³-hybridized carbons (Fsp3) is 0.517. The molecular formula is C29H32ClF3N4O3S. The van der Waals surface area contributed by atoms with Crippen molar-refractivity contribution in [3.8, 4) is 0 Å². The number of alkyl halides is 2. The van der Waals surface area contributed by atoms with Gasteiger partial charge in [-0.3, -0.25) is 9.79 Å². The van der Waals surface area contributed by atoms with Crippen molar-refractivity contribution in [2.24, 2.45) is 16.3 Å². The van der Waals surface area contributed by atoms with E-state index in [1.54, 1.807) is 36.4 Å². The molecule has 7 rings (SSSR count). The van der Waals surface area contributed by atoms with Crippen molar-refractivity contribution < 1.29 is 26.4 Å². The number of benzene rings is 2. The Kier molecular flexibility index (Phi) is 6.56. The van der Waals surface area contributed by atoms with Crippen molar-refractivity contribution in [1.29, 1.82) is 0 Å². The number of hydrogen-bond acceptors (Lipinski definition) is 5. The predicted octanol–water partition coefficient (Wildman–Crippen LogP) is 4.90. The molecule has 0 spiro atoms. The lowest BCUT2D eigenvalue weighted by Crippen LogP contribution is -2.78. The molecule has 4 fully saturated rings. The van der Waals surface area contributed by atoms with Gasteiger partial charge in [-0.2, -0.15) is 4.31 Å². The molecule has 2 bridgehead atoms. The summed E-state index contributed by atoms with van der Waals surface area (Å²) in [6, 6.07) is 11.7. The number of rotatable bonds is 9. The molecule has 0 aromatic heterocycles. The molecule has 1 amide bonds. The van der Waals surface area contributed by atoms with E-state index < -0.39 is 44.3 Å². The van der Waals surface area contributed by atoms with Gasteiger partial charge < -0.3 is 10.6 Å². The van der Waals surface area contributed by atoms with Crippen LogP contribution < -0.4 is 10.6 Å². The quantitative estimate of drug-likeness (QED) is 0.424. The molecule has 1 atom stereocenters. The van der Waals surface area contributed by atoms with Crippen LogP contribution in [0.2, 0.25) is 5.02 Å². The molecule has 7 nitrogen and oxygen atoms in total. The molecule has 220 valence electrons. The molecule has 4 aliphatic carbocycles. The molecule has 1 aliphatic heterocycles. The second-order valence-electron chi connectivity index (χ2n) is 12.7. The minimum atomic E-state index is -3.92. The number of sulfonamides is 1. The zero-order valence-electron chi connectivity index (χ0n) is 22.8. The van der Waals surface area contributed by atoms with Crippen LogP contribution in [0, 0.1) is 17.2 Å². The summed E-state index contributed by atoms with van der Waals surface area (Å²) in [4.78, 5) is 17.9. The van der Waals surface area contributed by atoms with E-state index in [-0.39, 0.29) is 47.7 Å². The minimum Gasteiger partial charge on any atom is -0.366 e. The molecule has 5 aliphatic rings. The Bertz CT molecular complexity index is 1510. The number of hydrogen-bond donors (Lipinski definition) is 2. The normalized spacial score (nSPS) is 29.5. The van der Waals surface area contributed by atoms with Gasteiger partial charge in [0.25, 0.3) is 0 Å². The van der Waals surface area contributed by atoms with Crippen molar-refractivity contribution in [1.82, 2.24) is 14.9 Å². The summed E-state index contributed by atoms with van der Waals surface area (Å²) in [5.74, 6) is -3.13. The Labute approximate surface area is 242 Å². The summed E-state index contributed by atoms with van der Waals surface area (Å²) in [5, 5.41) is 6.16. The molecule has 12 heteroatoms. The zero-order chi connectivity index (χ0) is 29.4. The smallest absolute Gasteiger partial charge is 0.248 e. The number of halogens is 4. The predicted molar refractivity (Wildman–Crippen MR) is 149 cm³/mol. The summed E-state index contributed by atoms with van der Waals surface area (Å²) >= 11 is 5.86. The van der Waals surface area contributed by atoms with Crippen LogP contribution in [0.15, 0.2) is 58.4 Å². The number of aliphatic imine (C=N–C) groups is 1. The first-order valence-corrected chi connectivity index (χ1v) is 15.5. The van der Waals surface area contributed by atoms with Gasteiger partial charge >= 0.3 is 0 Å². The van der Waals surface area contributed by atoms with Gasteiger partial charge in [0.2, 0.25) is 21.9 Å². The van der Waals surface area contributed by atoms with Gasteiger partial charge in [-0.1, -0.05) is 35.9 Å². The van der Waals surface area contributed by atoms with E-state index in [2.05, 4.69) is 10.6 Å². The first kappa shape index (κ1) is 28.5. The molecule has 2 N–H and O–H groups in total. The number of carbonyl (C=O) groups excluding carboxylic acids is 1. The van der Waals surface area contributed by atoms with Gasteiger partial charge in [-0.15, -0.1) is 0 Å². The largest absolute Gasteiger partial charge is 0.366 e. The number of nitrogens with one attached hydrogen (secondary N) is 2. The minimum absolute atomic E-state index is 0.0158. The van der Waals surface area contributed by atoms with E-state index >= 15 is 0 Å². The fourth-order valence-corrected chi connectivity index (χ4v) is 8.80. The Morgan fingerprint density at radius 3 is 2.39 bits per heavy atom. The highest BCUT2D eigenvalue weighted by Gasteiger charge is 2.75. The standard InChI is InChI=1S/C29H32ClF3N4O3S/c1-26(2)23(24(38)34-13-19-11-29(32,33)12-19)35-25(36-26)27-15-28(16-27,17-27)37(14-18-8-9-21(30)22(31)10-18)41(39,40)20-6-4-3-5-7-20/h3-10,19,23H,11-17H2,1-2H3,(H,34,38)(H,35,36)/t23-,27?,28?/m0/s1. The molecular weight excluding hydrogens is 577 g/mol. The van der Waals surface area contributed by atoms with Crippen molar-refractivity contribution in [2.45, 2.75) is 80.4 Å². The fourth-order valence-electron chi connectivity index (χ4n) is 6.90. The van der Waals surface area contributed by atoms with Crippen LogP contribution in [-0.4, -0.2) is 54.1 Å². The lowest BCUT2D eigenvalue weighted by Gasteiger charge is -2.73. The Balaban J connectivity index is 1.20. The highest BCUT2D eigenvalue weighted by molar-refractivity contribution is 7.89. The third kappa shape index (κ3) is 4.83. The lowest BCUT2D eigenvalue weighted by atomic mass is 9.38. The van der Waals surface area contributed by atoms with Crippen molar-refractivity contribution in [3.63, 3.8) is 0 Å². The van der Waals surface area contributed by atoms with Crippen molar-refractivity contribution in [2.75, 3.05) is 6.54 Å². The highest BCUT2D eigenvalue weighted by Crippen LogP contribution is 2.71. The van der Waals surface area contributed by atoms with Crippen LogP contribution in [0.4, 0.5) is 13.2 Å². The van der Waals surface area contributed by atoms with E-state index in [0.717, 1.165) is 0 Å². The van der Waals surface area contributed by atoms with Crippen LogP contribution in [0.3, 0.4) is 0 Å². The number of amidine groups is 1. The number of amides is 1. The summed E-state index contributed by atoms with van der Waals surface area (Å²) in [5.41, 5.74) is -1.27. The highest BCUT2D eigenvalue weighted by atomic mass is 35.5. The van der Waals surface area contributed by atoms with E-state index in [0.29, 0.717) is 30.7 Å². The van der Waals surface area contributed by atoms with Crippen LogP contribution in [0.5, 0.6) is 0 Å². The van der Waals surface area contributed by atoms with Crippen LogP contribution in [0.25, 0.3) is 0 Å². The van der Waals surface area contributed by atoms with Crippen LogP contribution >= 0.6 is 11.6 Å². The maximum Gasteiger partial charge on any atom is 0.248 e. The average Bonchev–Trinajstić information content (AvgIpc) is 3.16. The third-order valence-electron chi connectivity index (χ3n) is 9.05. The molecule has 2 aromatic carbocycles. The molecule has 2 aromatic rings. The van der Waals surface area contributed by atoms with E-state index in [1.807, 2.05) is 13.8 Å². The van der Waals surface area contributed by atoms with Gasteiger partial charge in [-0.25, -0.2) is 21.6 Å². The summed E-state index contributed by atoms with van der Waals surface area (Å²) in [7, 11) is -3.92. The maximum absolute atomic E-state index is 14.3. The van der Waals surface area contributed by atoms with Gasteiger partial charge in [0.1, 0.15) is 11.7 Å². The monoisotopic (exact) mass is 608 g/mol. The first-order chi connectivity index (χ1) is 19.1. The summed E-state index contributed by atoms with van der Waals surface area (Å²) in [6.07, 6.45) is 1.09. The SMILES string of the molecule is CC1(C)NC(C23CC(N(Cc4ccc(Cl)c(F)c4)S(=O)(=O)c4ccccc4)(C2)C3)=N[C@H]1C(=O)NCC1CC(F)(F)C1.